The van der Waals surface area contributed by atoms with Gasteiger partial charge in [-0.05, 0) is 67.8 Å². The first-order valence-corrected chi connectivity index (χ1v) is 8.38. The molecular weight excluding hydrogens is 335 g/mol. The second-order valence-corrected chi connectivity index (χ2v) is 6.08. The van der Waals surface area contributed by atoms with Crippen LogP contribution in [-0.2, 0) is 12.8 Å². The maximum atomic E-state index is 13.2. The average molecular weight is 352 g/mol. The Labute approximate surface area is 150 Å². The second-order valence-electron chi connectivity index (χ2n) is 6.08. The first kappa shape index (κ1) is 16.3. The minimum absolute atomic E-state index is 0.309. The van der Waals surface area contributed by atoms with Gasteiger partial charge in [-0.3, -0.25) is 0 Å². The number of fused-ring (bicyclic) bond motifs is 1. The zero-order valence-electron chi connectivity index (χ0n) is 14.2. The molecule has 1 aromatic heterocycles. The molecule has 0 unspecified atom stereocenters. The van der Waals surface area contributed by atoms with Crippen molar-refractivity contribution in [3.8, 4) is 17.2 Å². The van der Waals surface area contributed by atoms with E-state index in [1.165, 1.54) is 12.1 Å². The molecule has 0 saturated heterocycles. The summed E-state index contributed by atoms with van der Waals surface area (Å²) in [6.45, 7) is 0. The molecule has 0 aliphatic heterocycles. The van der Waals surface area contributed by atoms with Gasteiger partial charge in [-0.15, -0.1) is 0 Å². The number of hydrogen-bond donors (Lipinski definition) is 0. The van der Waals surface area contributed by atoms with Gasteiger partial charge in [0.25, 0.3) is 0 Å². The molecule has 6 heteroatoms. The van der Waals surface area contributed by atoms with Crippen molar-refractivity contribution >= 4 is 5.97 Å². The molecule has 2 aromatic carbocycles. The molecular formula is C20H17FN2O3. The lowest BCUT2D eigenvalue weighted by Gasteiger charge is -2.05. The van der Waals surface area contributed by atoms with Crippen LogP contribution >= 0.6 is 0 Å². The molecule has 1 heterocycles. The SMILES string of the molecule is COc1ccc(OC(=O)c2nn(-c3ccc(F)cc3)c3c2CCC3)cc1. The standard InChI is InChI=1S/C20H17FN2O3/c1-25-15-9-11-16(12-10-15)26-20(24)19-17-3-2-4-18(17)23(22-19)14-7-5-13(21)6-8-14/h5-12H,2-4H2,1H3. The first-order valence-electron chi connectivity index (χ1n) is 8.38. The number of rotatable bonds is 4. The van der Waals surface area contributed by atoms with Gasteiger partial charge < -0.3 is 9.47 Å². The van der Waals surface area contributed by atoms with Gasteiger partial charge in [0.2, 0.25) is 0 Å². The van der Waals surface area contributed by atoms with Crippen LogP contribution in [0.1, 0.15) is 28.2 Å². The van der Waals surface area contributed by atoms with E-state index in [4.69, 9.17) is 9.47 Å². The molecule has 0 radical (unpaired) electrons. The Bertz CT molecular complexity index is 946. The Hall–Kier alpha value is -3.15. The molecule has 26 heavy (non-hydrogen) atoms. The molecule has 1 aliphatic carbocycles. The predicted molar refractivity (Wildman–Crippen MR) is 93.5 cm³/mol. The smallest absolute Gasteiger partial charge is 0.364 e. The molecule has 132 valence electrons. The summed E-state index contributed by atoms with van der Waals surface area (Å²) < 4.78 is 25.5. The van der Waals surface area contributed by atoms with Crippen LogP contribution in [0.4, 0.5) is 4.39 Å². The highest BCUT2D eigenvalue weighted by molar-refractivity contribution is 5.91. The van der Waals surface area contributed by atoms with Crippen molar-refractivity contribution in [1.29, 1.82) is 0 Å². The molecule has 0 N–H and O–H groups in total. The van der Waals surface area contributed by atoms with Crippen molar-refractivity contribution in [2.45, 2.75) is 19.3 Å². The number of carbonyl (C=O) groups excluding carboxylic acids is 1. The van der Waals surface area contributed by atoms with E-state index in [0.29, 0.717) is 17.2 Å². The van der Waals surface area contributed by atoms with Crippen molar-refractivity contribution in [3.05, 3.63) is 71.3 Å². The summed E-state index contributed by atoms with van der Waals surface area (Å²) in [4.78, 5) is 12.6. The summed E-state index contributed by atoms with van der Waals surface area (Å²) >= 11 is 0. The summed E-state index contributed by atoms with van der Waals surface area (Å²) in [6, 6.07) is 12.9. The fourth-order valence-corrected chi connectivity index (χ4v) is 3.20. The molecule has 1 aliphatic rings. The molecule has 0 bridgehead atoms. The quantitative estimate of drug-likeness (QED) is 0.530. The van der Waals surface area contributed by atoms with E-state index in [1.54, 1.807) is 48.2 Å². The Morgan fingerprint density at radius 1 is 1.04 bits per heavy atom. The number of aromatic nitrogens is 2. The molecule has 4 rings (SSSR count). The maximum Gasteiger partial charge on any atom is 0.364 e. The molecule has 0 fully saturated rings. The van der Waals surface area contributed by atoms with Crippen molar-refractivity contribution in [2.24, 2.45) is 0 Å². The highest BCUT2D eigenvalue weighted by Crippen LogP contribution is 2.29. The minimum Gasteiger partial charge on any atom is -0.497 e. The van der Waals surface area contributed by atoms with E-state index in [2.05, 4.69) is 5.10 Å². The van der Waals surface area contributed by atoms with Crippen LogP contribution in [0.5, 0.6) is 11.5 Å². The molecule has 0 amide bonds. The monoisotopic (exact) mass is 352 g/mol. The number of nitrogens with zero attached hydrogens (tertiary/aromatic N) is 2. The van der Waals surface area contributed by atoms with Crippen LogP contribution in [0.25, 0.3) is 5.69 Å². The summed E-state index contributed by atoms with van der Waals surface area (Å²) in [6.07, 6.45) is 2.57. The van der Waals surface area contributed by atoms with Crippen LogP contribution in [0.2, 0.25) is 0 Å². The Kier molecular flexibility index (Phi) is 4.16. The maximum absolute atomic E-state index is 13.2. The van der Waals surface area contributed by atoms with E-state index < -0.39 is 5.97 Å². The highest BCUT2D eigenvalue weighted by atomic mass is 19.1. The lowest BCUT2D eigenvalue weighted by atomic mass is 10.2. The molecule has 3 aromatic rings. The van der Waals surface area contributed by atoms with Gasteiger partial charge >= 0.3 is 5.97 Å². The van der Waals surface area contributed by atoms with Crippen LogP contribution in [0.3, 0.4) is 0 Å². The van der Waals surface area contributed by atoms with Gasteiger partial charge in [0.05, 0.1) is 12.8 Å². The van der Waals surface area contributed by atoms with Crippen molar-refractivity contribution in [1.82, 2.24) is 9.78 Å². The molecule has 0 atom stereocenters. The van der Waals surface area contributed by atoms with Gasteiger partial charge in [0.15, 0.2) is 5.69 Å². The van der Waals surface area contributed by atoms with Gasteiger partial charge in [-0.1, -0.05) is 0 Å². The summed E-state index contributed by atoms with van der Waals surface area (Å²) in [5.74, 6) is 0.316. The largest absolute Gasteiger partial charge is 0.497 e. The van der Waals surface area contributed by atoms with E-state index in [0.717, 1.165) is 36.2 Å². The third-order valence-electron chi connectivity index (χ3n) is 4.46. The lowest BCUT2D eigenvalue weighted by molar-refractivity contribution is 0.0727. The zero-order chi connectivity index (χ0) is 18.1. The van der Waals surface area contributed by atoms with Gasteiger partial charge in [0.1, 0.15) is 17.3 Å². The highest BCUT2D eigenvalue weighted by Gasteiger charge is 2.28. The Morgan fingerprint density at radius 3 is 2.42 bits per heavy atom. The van der Waals surface area contributed by atoms with E-state index in [-0.39, 0.29) is 5.82 Å². The Balaban J connectivity index is 1.65. The van der Waals surface area contributed by atoms with Crippen LogP contribution < -0.4 is 9.47 Å². The lowest BCUT2D eigenvalue weighted by Crippen LogP contribution is -2.12. The van der Waals surface area contributed by atoms with E-state index >= 15 is 0 Å². The minimum atomic E-state index is -0.492. The van der Waals surface area contributed by atoms with Crippen molar-refractivity contribution < 1.29 is 18.7 Å². The number of hydrogen-bond acceptors (Lipinski definition) is 4. The molecule has 5 nitrogen and oxygen atoms in total. The van der Waals surface area contributed by atoms with Gasteiger partial charge in [-0.25, -0.2) is 13.9 Å². The number of carbonyl (C=O) groups is 1. The third kappa shape index (κ3) is 2.94. The zero-order valence-corrected chi connectivity index (χ0v) is 14.2. The first-order chi connectivity index (χ1) is 12.7. The predicted octanol–water partition coefficient (Wildman–Crippen LogP) is 3.73. The van der Waals surface area contributed by atoms with Crippen LogP contribution in [0.15, 0.2) is 48.5 Å². The van der Waals surface area contributed by atoms with E-state index in [9.17, 15) is 9.18 Å². The summed E-state index contributed by atoms with van der Waals surface area (Å²) in [5.41, 5.74) is 2.94. The normalized spacial score (nSPS) is 12.7. The average Bonchev–Trinajstić information content (AvgIpc) is 3.26. The van der Waals surface area contributed by atoms with Crippen LogP contribution in [-0.4, -0.2) is 22.9 Å². The third-order valence-corrected chi connectivity index (χ3v) is 4.46. The second kappa shape index (κ2) is 6.63. The number of benzene rings is 2. The van der Waals surface area contributed by atoms with Crippen molar-refractivity contribution in [3.63, 3.8) is 0 Å². The number of ether oxygens (including phenoxy) is 2. The topological polar surface area (TPSA) is 53.4 Å². The molecule has 0 spiro atoms. The number of esters is 1. The van der Waals surface area contributed by atoms with E-state index in [1.807, 2.05) is 0 Å². The number of halogens is 1. The van der Waals surface area contributed by atoms with Gasteiger partial charge in [-0.2, -0.15) is 5.10 Å². The van der Waals surface area contributed by atoms with Gasteiger partial charge in [0, 0.05) is 11.3 Å². The summed E-state index contributed by atoms with van der Waals surface area (Å²) in [5, 5.41) is 4.46. The molecule has 0 saturated carbocycles. The fourth-order valence-electron chi connectivity index (χ4n) is 3.20. The summed E-state index contributed by atoms with van der Waals surface area (Å²) in [7, 11) is 1.58. The Morgan fingerprint density at radius 2 is 1.73 bits per heavy atom. The van der Waals surface area contributed by atoms with Crippen LogP contribution in [0, 0.1) is 5.82 Å². The number of methoxy groups -OCH3 is 1. The fraction of sp³-hybridized carbons (Fsp3) is 0.200. The van der Waals surface area contributed by atoms with Crippen molar-refractivity contribution in [2.75, 3.05) is 7.11 Å².